The van der Waals surface area contributed by atoms with Gasteiger partial charge >= 0.3 is 0 Å². The van der Waals surface area contributed by atoms with Crippen molar-refractivity contribution >= 4 is 0 Å². The van der Waals surface area contributed by atoms with E-state index in [9.17, 15) is 0 Å². The Morgan fingerprint density at radius 1 is 1.07 bits per heavy atom. The van der Waals surface area contributed by atoms with E-state index in [1.54, 1.807) is 0 Å². The van der Waals surface area contributed by atoms with Crippen LogP contribution in [0.2, 0.25) is 0 Å². The number of rotatable bonds is 3. The number of aryl methyl sites for hydroxylation is 1. The molecular weight excluding hydrogens is 184 g/mol. The first-order valence-corrected chi connectivity index (χ1v) is 5.90. The maximum absolute atomic E-state index is 5.64. The molecule has 0 aliphatic heterocycles. The van der Waals surface area contributed by atoms with Crippen LogP contribution in [0.1, 0.15) is 46.6 Å². The lowest BCUT2D eigenvalue weighted by atomic mass is 10.1. The van der Waals surface area contributed by atoms with Crippen molar-refractivity contribution in [3.8, 4) is 5.75 Å². The Labute approximate surface area is 94.5 Å². The molecular formula is C14H24O. The number of para-hydroxylation sites is 1. The summed E-state index contributed by atoms with van der Waals surface area (Å²) in [6.07, 6.45) is 2.54. The highest BCUT2D eigenvalue weighted by Gasteiger charge is 2.01. The van der Waals surface area contributed by atoms with Gasteiger partial charge in [0.2, 0.25) is 0 Å². The fraction of sp³-hybridized carbons (Fsp3) is 0.571. The minimum Gasteiger partial charge on any atom is -0.491 e. The van der Waals surface area contributed by atoms with Crippen molar-refractivity contribution in [2.45, 2.75) is 53.6 Å². The van der Waals surface area contributed by atoms with Crippen LogP contribution in [0.15, 0.2) is 24.3 Å². The zero-order chi connectivity index (χ0) is 11.7. The summed E-state index contributed by atoms with van der Waals surface area (Å²) in [6.45, 7) is 10.5. The van der Waals surface area contributed by atoms with Gasteiger partial charge in [-0.2, -0.15) is 0 Å². The molecule has 86 valence electrons. The molecule has 0 aliphatic rings. The summed E-state index contributed by atoms with van der Waals surface area (Å²) in [5.41, 5.74) is 1.28. The standard InChI is InChI=1S/C11H16O.C3H8/c1-4-10-7-5-6-8-11(10)12-9(2)3;1-3-2/h5-9H,4H2,1-3H3;3H2,1-2H3. The zero-order valence-corrected chi connectivity index (χ0v) is 10.7. The van der Waals surface area contributed by atoms with Crippen LogP contribution in [0.3, 0.4) is 0 Å². The Bertz CT molecular complexity index is 253. The molecule has 0 bridgehead atoms. The van der Waals surface area contributed by atoms with Gasteiger partial charge in [0.05, 0.1) is 6.10 Å². The number of hydrogen-bond donors (Lipinski definition) is 0. The van der Waals surface area contributed by atoms with E-state index < -0.39 is 0 Å². The minimum absolute atomic E-state index is 0.262. The fourth-order valence-corrected chi connectivity index (χ4v) is 1.16. The molecule has 0 fully saturated rings. The van der Waals surface area contributed by atoms with Crippen molar-refractivity contribution in [1.29, 1.82) is 0 Å². The van der Waals surface area contributed by atoms with E-state index in [2.05, 4.69) is 26.8 Å². The number of hydrogen-bond acceptors (Lipinski definition) is 1. The highest BCUT2D eigenvalue weighted by Crippen LogP contribution is 2.19. The van der Waals surface area contributed by atoms with E-state index in [0.717, 1.165) is 12.2 Å². The molecule has 1 aromatic carbocycles. The van der Waals surface area contributed by atoms with Crippen molar-refractivity contribution in [1.82, 2.24) is 0 Å². The lowest BCUT2D eigenvalue weighted by Gasteiger charge is -2.12. The van der Waals surface area contributed by atoms with Gasteiger partial charge < -0.3 is 4.74 Å². The van der Waals surface area contributed by atoms with Gasteiger partial charge in [0.15, 0.2) is 0 Å². The average molecular weight is 208 g/mol. The molecule has 0 amide bonds. The molecule has 0 saturated carbocycles. The average Bonchev–Trinajstić information content (AvgIpc) is 2.19. The van der Waals surface area contributed by atoms with Crippen LogP contribution in [0.25, 0.3) is 0 Å². The van der Waals surface area contributed by atoms with Gasteiger partial charge in [-0.25, -0.2) is 0 Å². The second-order valence-electron chi connectivity index (χ2n) is 3.83. The third-order valence-corrected chi connectivity index (χ3v) is 1.72. The monoisotopic (exact) mass is 208 g/mol. The Kier molecular flexibility index (Phi) is 7.79. The van der Waals surface area contributed by atoms with Crippen LogP contribution in [0.4, 0.5) is 0 Å². The summed E-state index contributed by atoms with van der Waals surface area (Å²) < 4.78 is 5.64. The molecule has 0 aromatic heterocycles. The fourth-order valence-electron chi connectivity index (χ4n) is 1.16. The molecule has 1 nitrogen and oxygen atoms in total. The molecule has 0 radical (unpaired) electrons. The van der Waals surface area contributed by atoms with Crippen LogP contribution in [0.5, 0.6) is 5.75 Å². The molecule has 0 atom stereocenters. The van der Waals surface area contributed by atoms with E-state index in [1.807, 2.05) is 32.0 Å². The molecule has 0 heterocycles. The van der Waals surface area contributed by atoms with Crippen LogP contribution in [-0.2, 0) is 6.42 Å². The van der Waals surface area contributed by atoms with Crippen LogP contribution in [-0.4, -0.2) is 6.10 Å². The van der Waals surface area contributed by atoms with Gasteiger partial charge in [-0.15, -0.1) is 0 Å². The van der Waals surface area contributed by atoms with Crippen molar-refractivity contribution < 1.29 is 4.74 Å². The smallest absolute Gasteiger partial charge is 0.122 e. The molecule has 0 saturated heterocycles. The van der Waals surface area contributed by atoms with Crippen LogP contribution < -0.4 is 4.74 Å². The highest BCUT2D eigenvalue weighted by molar-refractivity contribution is 5.33. The lowest BCUT2D eigenvalue weighted by molar-refractivity contribution is 0.240. The summed E-state index contributed by atoms with van der Waals surface area (Å²) in [6, 6.07) is 8.19. The molecule has 15 heavy (non-hydrogen) atoms. The lowest BCUT2D eigenvalue weighted by Crippen LogP contribution is -2.06. The molecule has 0 N–H and O–H groups in total. The highest BCUT2D eigenvalue weighted by atomic mass is 16.5. The van der Waals surface area contributed by atoms with Crippen molar-refractivity contribution in [2.75, 3.05) is 0 Å². The third-order valence-electron chi connectivity index (χ3n) is 1.72. The van der Waals surface area contributed by atoms with Crippen molar-refractivity contribution in [3.63, 3.8) is 0 Å². The van der Waals surface area contributed by atoms with E-state index >= 15 is 0 Å². The van der Waals surface area contributed by atoms with Crippen molar-refractivity contribution in [2.24, 2.45) is 0 Å². The molecule has 0 aliphatic carbocycles. The summed E-state index contributed by atoms with van der Waals surface area (Å²) in [5.74, 6) is 1.02. The Morgan fingerprint density at radius 2 is 1.60 bits per heavy atom. The van der Waals surface area contributed by atoms with Gasteiger partial charge in [-0.1, -0.05) is 45.4 Å². The first-order chi connectivity index (χ1) is 7.15. The summed E-state index contributed by atoms with van der Waals surface area (Å²) >= 11 is 0. The molecule has 0 spiro atoms. The van der Waals surface area contributed by atoms with Gasteiger partial charge in [-0.05, 0) is 31.9 Å². The molecule has 1 aromatic rings. The summed E-state index contributed by atoms with van der Waals surface area (Å²) in [5, 5.41) is 0. The van der Waals surface area contributed by atoms with E-state index in [0.29, 0.717) is 0 Å². The second-order valence-corrected chi connectivity index (χ2v) is 3.83. The van der Waals surface area contributed by atoms with Crippen molar-refractivity contribution in [3.05, 3.63) is 29.8 Å². The van der Waals surface area contributed by atoms with Crippen LogP contribution >= 0.6 is 0 Å². The largest absolute Gasteiger partial charge is 0.491 e. The van der Waals surface area contributed by atoms with Gasteiger partial charge in [0.25, 0.3) is 0 Å². The predicted molar refractivity (Wildman–Crippen MR) is 67.5 cm³/mol. The molecule has 1 rings (SSSR count). The van der Waals surface area contributed by atoms with Gasteiger partial charge in [0, 0.05) is 0 Å². The maximum atomic E-state index is 5.64. The Hall–Kier alpha value is -0.980. The summed E-state index contributed by atoms with van der Waals surface area (Å²) in [4.78, 5) is 0. The first-order valence-electron chi connectivity index (χ1n) is 5.90. The Morgan fingerprint density at radius 3 is 2.07 bits per heavy atom. The number of benzene rings is 1. The molecule has 1 heteroatoms. The van der Waals surface area contributed by atoms with Crippen LogP contribution in [0, 0.1) is 0 Å². The van der Waals surface area contributed by atoms with E-state index in [1.165, 1.54) is 12.0 Å². The maximum Gasteiger partial charge on any atom is 0.122 e. The quantitative estimate of drug-likeness (QED) is 0.713. The number of ether oxygens (including phenoxy) is 1. The third kappa shape index (κ3) is 6.16. The van der Waals surface area contributed by atoms with Gasteiger partial charge in [0.1, 0.15) is 5.75 Å². The normalized spacial score (nSPS) is 9.47. The summed E-state index contributed by atoms with van der Waals surface area (Å²) in [7, 11) is 0. The predicted octanol–water partition coefficient (Wildman–Crippen LogP) is 4.45. The SMILES string of the molecule is CCC.CCc1ccccc1OC(C)C. The Balaban J connectivity index is 0.000000583. The second kappa shape index (κ2) is 8.34. The van der Waals surface area contributed by atoms with E-state index in [4.69, 9.17) is 4.74 Å². The topological polar surface area (TPSA) is 9.23 Å². The molecule has 0 unspecified atom stereocenters. The zero-order valence-electron chi connectivity index (χ0n) is 10.7. The first kappa shape index (κ1) is 14.0. The van der Waals surface area contributed by atoms with E-state index in [-0.39, 0.29) is 6.10 Å². The minimum atomic E-state index is 0.262. The van der Waals surface area contributed by atoms with Gasteiger partial charge in [-0.3, -0.25) is 0 Å².